The van der Waals surface area contributed by atoms with Crippen molar-refractivity contribution in [3.8, 4) is 22.6 Å². The van der Waals surface area contributed by atoms with Crippen LogP contribution in [0.2, 0.25) is 0 Å². The van der Waals surface area contributed by atoms with Gasteiger partial charge in [-0.15, -0.1) is 0 Å². The first-order chi connectivity index (χ1) is 15.2. The molecule has 0 amide bonds. The second-order valence-corrected chi connectivity index (χ2v) is 8.41. The van der Waals surface area contributed by atoms with Crippen LogP contribution >= 0.6 is 0 Å². The van der Waals surface area contributed by atoms with Gasteiger partial charge in [-0.2, -0.15) is 0 Å². The molecule has 0 bridgehead atoms. The summed E-state index contributed by atoms with van der Waals surface area (Å²) >= 11 is 0. The normalized spacial score (nSPS) is 16.6. The molecule has 1 unspecified atom stereocenters. The fourth-order valence-electron chi connectivity index (χ4n) is 5.29. The lowest BCUT2D eigenvalue weighted by molar-refractivity contribution is 0.238. The number of hydrogen-bond donors (Lipinski definition) is 0. The third-order valence-corrected chi connectivity index (χ3v) is 6.79. The van der Waals surface area contributed by atoms with Crippen LogP contribution < -0.4 is 9.47 Å². The van der Waals surface area contributed by atoms with Crippen molar-refractivity contribution in [2.75, 3.05) is 20.8 Å². The van der Waals surface area contributed by atoms with Gasteiger partial charge in [0, 0.05) is 0 Å². The Bertz CT molecular complexity index is 1160. The maximum absolute atomic E-state index is 12.1. The Balaban J connectivity index is 1.56. The fraction of sp³-hybridized carbons (Fsp3) is 0.286. The van der Waals surface area contributed by atoms with E-state index in [1.54, 1.807) is 14.2 Å². The van der Waals surface area contributed by atoms with E-state index in [0.29, 0.717) is 5.92 Å². The van der Waals surface area contributed by atoms with Crippen molar-refractivity contribution in [2.45, 2.75) is 31.6 Å². The quantitative estimate of drug-likeness (QED) is 0.515. The number of rotatable bonds is 5. The third kappa shape index (κ3) is 3.43. The van der Waals surface area contributed by atoms with Crippen LogP contribution in [0.1, 0.15) is 40.2 Å². The summed E-state index contributed by atoms with van der Waals surface area (Å²) < 4.78 is 10.9. The Morgan fingerprint density at radius 2 is 1.74 bits per heavy atom. The predicted molar refractivity (Wildman–Crippen MR) is 123 cm³/mol. The average Bonchev–Trinajstić information content (AvgIpc) is 2.83. The number of methoxy groups -OCH3 is 2. The highest BCUT2D eigenvalue weighted by Gasteiger charge is 2.28. The van der Waals surface area contributed by atoms with E-state index >= 15 is 0 Å². The number of hydrogen-bond acceptors (Lipinski definition) is 2. The highest BCUT2D eigenvalue weighted by Crippen LogP contribution is 2.44. The topological polar surface area (TPSA) is 38.4 Å². The zero-order valence-electron chi connectivity index (χ0n) is 18.1. The van der Waals surface area contributed by atoms with Gasteiger partial charge in [0.2, 0.25) is 0 Å². The van der Waals surface area contributed by atoms with Crippen LogP contribution in [0.3, 0.4) is 0 Å². The van der Waals surface area contributed by atoms with Gasteiger partial charge < -0.3 is 9.47 Å². The molecular weight excluding hydrogens is 384 g/mol. The van der Waals surface area contributed by atoms with Crippen LogP contribution in [-0.2, 0) is 24.4 Å². The van der Waals surface area contributed by atoms with Crippen LogP contribution in [0.25, 0.3) is 16.7 Å². The standard InChI is InChI=1S/C28H27O3/c1-30-26-14-7-18(16-27(26)31-2)15-20-8-9-21(17-29)28-23(20)12-13-24-22-6-4-3-5-19(22)10-11-25(24)28/h3-7,9,12-14,16,20H,8,10-11,15,17H2,1-2H3. The molecule has 0 aromatic heterocycles. The summed E-state index contributed by atoms with van der Waals surface area (Å²) in [4.78, 5) is 0. The minimum atomic E-state index is -0.159. The highest BCUT2D eigenvalue weighted by molar-refractivity contribution is 5.83. The van der Waals surface area contributed by atoms with Gasteiger partial charge in [0.15, 0.2) is 11.5 Å². The van der Waals surface area contributed by atoms with Crippen molar-refractivity contribution in [1.29, 1.82) is 0 Å². The Kier molecular flexibility index (Phi) is 5.29. The summed E-state index contributed by atoms with van der Waals surface area (Å²) in [6.45, 7) is -0.159. The molecule has 0 N–H and O–H groups in total. The van der Waals surface area contributed by atoms with Gasteiger partial charge in [-0.1, -0.05) is 48.5 Å². The number of allylic oxidation sites excluding steroid dienone is 1. The molecule has 0 fully saturated rings. The first-order valence-corrected chi connectivity index (χ1v) is 11.0. The van der Waals surface area contributed by atoms with Gasteiger partial charge in [0.25, 0.3) is 0 Å². The minimum Gasteiger partial charge on any atom is -0.493 e. The molecule has 0 saturated heterocycles. The SMILES string of the molecule is COc1ccc(CC2CC=C(C[O])c3c2ccc2c3CCc3ccccc3-2)cc1OC. The van der Waals surface area contributed by atoms with E-state index in [2.05, 4.69) is 54.6 Å². The van der Waals surface area contributed by atoms with Crippen LogP contribution in [0.15, 0.2) is 60.7 Å². The molecule has 3 aromatic carbocycles. The first-order valence-electron chi connectivity index (χ1n) is 11.0. The molecule has 0 heterocycles. The van der Waals surface area contributed by atoms with Crippen LogP contribution in [0.4, 0.5) is 0 Å². The maximum atomic E-state index is 12.1. The lowest BCUT2D eigenvalue weighted by Crippen LogP contribution is -2.16. The number of ether oxygens (including phenoxy) is 2. The molecule has 1 atom stereocenters. The van der Waals surface area contributed by atoms with Gasteiger partial charge in [-0.25, -0.2) is 5.11 Å². The molecule has 1 radical (unpaired) electrons. The summed E-state index contributed by atoms with van der Waals surface area (Å²) in [6.07, 6.45) is 6.02. The lowest BCUT2D eigenvalue weighted by Gasteiger charge is -2.31. The Morgan fingerprint density at radius 1 is 0.903 bits per heavy atom. The molecule has 2 aliphatic carbocycles. The zero-order valence-corrected chi connectivity index (χ0v) is 18.1. The Morgan fingerprint density at radius 3 is 2.55 bits per heavy atom. The largest absolute Gasteiger partial charge is 0.493 e. The molecule has 31 heavy (non-hydrogen) atoms. The van der Waals surface area contributed by atoms with Gasteiger partial charge in [-0.05, 0) is 88.3 Å². The third-order valence-electron chi connectivity index (χ3n) is 6.79. The van der Waals surface area contributed by atoms with Crippen molar-refractivity contribution < 1.29 is 14.6 Å². The Labute approximate surface area is 184 Å². The average molecular weight is 412 g/mol. The van der Waals surface area contributed by atoms with E-state index in [0.717, 1.165) is 42.8 Å². The second kappa shape index (κ2) is 8.24. The smallest absolute Gasteiger partial charge is 0.160 e. The molecule has 3 nitrogen and oxygen atoms in total. The van der Waals surface area contributed by atoms with Crippen molar-refractivity contribution in [3.63, 3.8) is 0 Å². The maximum Gasteiger partial charge on any atom is 0.160 e. The minimum absolute atomic E-state index is 0.159. The summed E-state index contributed by atoms with van der Waals surface area (Å²) in [7, 11) is 3.33. The molecular formula is C28H27O3. The van der Waals surface area contributed by atoms with Crippen molar-refractivity contribution in [3.05, 3.63) is 88.5 Å². The number of aryl methyl sites for hydroxylation is 1. The lowest BCUT2D eigenvalue weighted by atomic mass is 9.73. The van der Waals surface area contributed by atoms with E-state index in [1.165, 1.54) is 38.9 Å². The molecule has 0 spiro atoms. The van der Waals surface area contributed by atoms with Gasteiger partial charge in [-0.3, -0.25) is 0 Å². The van der Waals surface area contributed by atoms with E-state index < -0.39 is 0 Å². The van der Waals surface area contributed by atoms with Crippen molar-refractivity contribution in [1.82, 2.24) is 0 Å². The van der Waals surface area contributed by atoms with E-state index in [-0.39, 0.29) is 6.61 Å². The zero-order chi connectivity index (χ0) is 21.4. The van der Waals surface area contributed by atoms with E-state index in [4.69, 9.17) is 9.47 Å². The first kappa shape index (κ1) is 19.9. The Hall–Kier alpha value is -3.04. The molecule has 3 heteroatoms. The molecule has 0 saturated carbocycles. The predicted octanol–water partition coefficient (Wildman–Crippen LogP) is 6.01. The van der Waals surface area contributed by atoms with Crippen LogP contribution in [0, 0.1) is 0 Å². The molecule has 0 aliphatic heterocycles. The monoisotopic (exact) mass is 411 g/mol. The van der Waals surface area contributed by atoms with Crippen molar-refractivity contribution in [2.24, 2.45) is 0 Å². The second-order valence-electron chi connectivity index (χ2n) is 8.41. The number of benzene rings is 3. The summed E-state index contributed by atoms with van der Waals surface area (Å²) in [5.41, 5.74) is 10.1. The molecule has 2 aliphatic rings. The van der Waals surface area contributed by atoms with Gasteiger partial charge in [0.1, 0.15) is 6.61 Å². The van der Waals surface area contributed by atoms with E-state index in [1.807, 2.05) is 6.07 Å². The summed E-state index contributed by atoms with van der Waals surface area (Å²) in [5, 5.41) is 12.1. The van der Waals surface area contributed by atoms with E-state index in [9.17, 15) is 5.11 Å². The fourth-order valence-corrected chi connectivity index (χ4v) is 5.29. The van der Waals surface area contributed by atoms with Gasteiger partial charge in [0.05, 0.1) is 14.2 Å². The molecule has 157 valence electrons. The molecule has 3 aromatic rings. The number of fused-ring (bicyclic) bond motifs is 5. The molecule has 5 rings (SSSR count). The van der Waals surface area contributed by atoms with Crippen LogP contribution in [0.5, 0.6) is 11.5 Å². The van der Waals surface area contributed by atoms with Crippen LogP contribution in [-0.4, -0.2) is 20.8 Å². The highest BCUT2D eigenvalue weighted by atomic mass is 16.5. The summed E-state index contributed by atoms with van der Waals surface area (Å²) in [5.74, 6) is 1.86. The summed E-state index contributed by atoms with van der Waals surface area (Å²) in [6, 6.07) is 19.4. The van der Waals surface area contributed by atoms with Crippen molar-refractivity contribution >= 4 is 5.57 Å². The van der Waals surface area contributed by atoms with Gasteiger partial charge >= 0.3 is 0 Å².